The van der Waals surface area contributed by atoms with E-state index in [-0.39, 0.29) is 17.6 Å². The monoisotopic (exact) mass is 329 g/mol. The van der Waals surface area contributed by atoms with Crippen LogP contribution < -0.4 is 16.8 Å². The summed E-state index contributed by atoms with van der Waals surface area (Å²) in [6.45, 7) is 0. The van der Waals surface area contributed by atoms with Gasteiger partial charge >= 0.3 is 0 Å². The van der Waals surface area contributed by atoms with Gasteiger partial charge in [-0.3, -0.25) is 4.79 Å². The summed E-state index contributed by atoms with van der Waals surface area (Å²) in [5, 5.41) is 3.28. The van der Waals surface area contributed by atoms with Crippen LogP contribution >= 0.6 is 15.9 Å². The van der Waals surface area contributed by atoms with Gasteiger partial charge in [-0.2, -0.15) is 0 Å². The van der Waals surface area contributed by atoms with Crippen LogP contribution in [0.3, 0.4) is 0 Å². The first-order valence-electron chi connectivity index (χ1n) is 6.28. The second-order valence-electron chi connectivity index (χ2n) is 4.93. The Morgan fingerprint density at radius 1 is 1.32 bits per heavy atom. The Morgan fingerprint density at radius 2 is 1.95 bits per heavy atom. The van der Waals surface area contributed by atoms with E-state index in [1.165, 1.54) is 12.1 Å². The highest BCUT2D eigenvalue weighted by molar-refractivity contribution is 9.10. The van der Waals surface area contributed by atoms with Crippen molar-refractivity contribution in [2.45, 2.75) is 37.8 Å². The molecule has 0 atom stereocenters. The lowest BCUT2D eigenvalue weighted by atomic mass is 9.91. The Labute approximate surface area is 119 Å². The summed E-state index contributed by atoms with van der Waals surface area (Å²) < 4.78 is 14.4. The molecular weight excluding hydrogens is 313 g/mol. The Morgan fingerprint density at radius 3 is 2.53 bits per heavy atom. The maximum atomic E-state index is 13.7. The molecule has 1 aliphatic carbocycles. The van der Waals surface area contributed by atoms with Crippen molar-refractivity contribution in [3.05, 3.63) is 28.0 Å². The molecule has 6 heteroatoms. The van der Waals surface area contributed by atoms with Crippen molar-refractivity contribution in [2.75, 3.05) is 5.32 Å². The Bertz CT molecular complexity index is 487. The van der Waals surface area contributed by atoms with Gasteiger partial charge in [0.05, 0.1) is 11.3 Å². The van der Waals surface area contributed by atoms with Crippen molar-refractivity contribution < 1.29 is 9.18 Å². The maximum absolute atomic E-state index is 13.7. The van der Waals surface area contributed by atoms with Crippen molar-refractivity contribution in [1.82, 2.24) is 0 Å². The van der Waals surface area contributed by atoms with Crippen molar-refractivity contribution in [1.29, 1.82) is 0 Å². The van der Waals surface area contributed by atoms with Crippen LogP contribution in [0.25, 0.3) is 0 Å². The van der Waals surface area contributed by atoms with Crippen molar-refractivity contribution in [3.8, 4) is 0 Å². The molecule has 5 N–H and O–H groups in total. The summed E-state index contributed by atoms with van der Waals surface area (Å²) >= 11 is 3.33. The summed E-state index contributed by atoms with van der Waals surface area (Å²) in [5.74, 6) is -1.38. The first kappa shape index (κ1) is 14.3. The minimum Gasteiger partial charge on any atom is -0.381 e. The maximum Gasteiger partial charge on any atom is 0.251 e. The zero-order valence-electron chi connectivity index (χ0n) is 10.5. The van der Waals surface area contributed by atoms with Crippen LogP contribution in [0.15, 0.2) is 16.6 Å². The number of rotatable bonds is 3. The lowest BCUT2D eigenvalue weighted by molar-refractivity contribution is 0.0996. The second-order valence-corrected chi connectivity index (χ2v) is 5.79. The third-order valence-electron chi connectivity index (χ3n) is 3.45. The van der Waals surface area contributed by atoms with Crippen LogP contribution in [-0.4, -0.2) is 18.0 Å². The molecule has 1 fully saturated rings. The lowest BCUT2D eigenvalue weighted by Gasteiger charge is -2.28. The summed E-state index contributed by atoms with van der Waals surface area (Å²) in [6.07, 6.45) is 3.87. The molecule has 0 saturated heterocycles. The number of nitrogens with two attached hydrogens (primary N) is 2. The van der Waals surface area contributed by atoms with Gasteiger partial charge in [0.25, 0.3) is 5.91 Å². The van der Waals surface area contributed by atoms with Gasteiger partial charge in [-0.15, -0.1) is 0 Å². The summed E-state index contributed by atoms with van der Waals surface area (Å²) in [7, 11) is 0. The number of benzene rings is 1. The average molecular weight is 330 g/mol. The van der Waals surface area contributed by atoms with Crippen LogP contribution in [0.2, 0.25) is 0 Å². The fourth-order valence-electron chi connectivity index (χ4n) is 2.33. The molecule has 1 saturated carbocycles. The highest BCUT2D eigenvalue weighted by Gasteiger charge is 2.20. The predicted molar refractivity (Wildman–Crippen MR) is 76.5 cm³/mol. The van der Waals surface area contributed by atoms with Crippen LogP contribution in [0.4, 0.5) is 10.1 Å². The van der Waals surface area contributed by atoms with Crippen molar-refractivity contribution in [2.24, 2.45) is 11.5 Å². The zero-order valence-corrected chi connectivity index (χ0v) is 12.0. The molecule has 1 amide bonds. The summed E-state index contributed by atoms with van der Waals surface area (Å²) in [5.41, 5.74) is 11.5. The molecule has 0 aliphatic heterocycles. The topological polar surface area (TPSA) is 81.1 Å². The van der Waals surface area contributed by atoms with Crippen LogP contribution in [0.1, 0.15) is 36.0 Å². The van der Waals surface area contributed by atoms with Crippen LogP contribution in [-0.2, 0) is 0 Å². The molecule has 0 radical (unpaired) electrons. The van der Waals surface area contributed by atoms with Gasteiger partial charge in [0.2, 0.25) is 0 Å². The normalized spacial score (nSPS) is 23.1. The Balaban J connectivity index is 2.13. The standard InChI is InChI=1S/C13H17BrFN3O/c14-10-5-9(13(17)19)11(15)6-12(10)18-8-3-1-7(16)2-4-8/h5-8,18H,1-4,16H2,(H2,17,19). The quantitative estimate of drug-likeness (QED) is 0.796. The van der Waals surface area contributed by atoms with Crippen molar-refractivity contribution in [3.63, 3.8) is 0 Å². The molecule has 1 aliphatic rings. The van der Waals surface area contributed by atoms with Gasteiger partial charge in [0.1, 0.15) is 5.82 Å². The van der Waals surface area contributed by atoms with Gasteiger partial charge in [-0.05, 0) is 53.7 Å². The predicted octanol–water partition coefficient (Wildman–Crippen LogP) is 2.37. The second kappa shape index (κ2) is 5.88. The van der Waals surface area contributed by atoms with E-state index < -0.39 is 11.7 Å². The number of nitrogens with one attached hydrogen (secondary N) is 1. The van der Waals surface area contributed by atoms with Gasteiger partial charge in [0.15, 0.2) is 0 Å². The first-order valence-corrected chi connectivity index (χ1v) is 7.07. The molecule has 19 heavy (non-hydrogen) atoms. The molecular formula is C13H17BrFN3O. The minimum atomic E-state index is -0.770. The van der Waals surface area contributed by atoms with Gasteiger partial charge in [-0.25, -0.2) is 4.39 Å². The third-order valence-corrected chi connectivity index (χ3v) is 4.11. The number of carbonyl (C=O) groups is 1. The van der Waals surface area contributed by atoms with E-state index in [9.17, 15) is 9.18 Å². The fourth-order valence-corrected chi connectivity index (χ4v) is 2.79. The third kappa shape index (κ3) is 3.45. The molecule has 0 aromatic heterocycles. The molecule has 1 aromatic rings. The smallest absolute Gasteiger partial charge is 0.251 e. The van der Waals surface area contributed by atoms with E-state index in [0.717, 1.165) is 25.7 Å². The van der Waals surface area contributed by atoms with Gasteiger partial charge in [0, 0.05) is 16.6 Å². The van der Waals surface area contributed by atoms with Crippen LogP contribution in [0, 0.1) is 5.82 Å². The largest absolute Gasteiger partial charge is 0.381 e. The minimum absolute atomic E-state index is 0.108. The SMILES string of the molecule is NC(=O)c1cc(Br)c(NC2CCC(N)CC2)cc1F. The van der Waals surface area contributed by atoms with Crippen molar-refractivity contribution >= 4 is 27.5 Å². The highest BCUT2D eigenvalue weighted by atomic mass is 79.9. The molecule has 0 bridgehead atoms. The van der Waals surface area contributed by atoms with E-state index in [4.69, 9.17) is 11.5 Å². The number of carbonyl (C=O) groups excluding carboxylic acids is 1. The first-order chi connectivity index (χ1) is 8.97. The van der Waals surface area contributed by atoms with E-state index in [1.54, 1.807) is 0 Å². The summed E-state index contributed by atoms with van der Waals surface area (Å²) in [4.78, 5) is 11.0. The number of halogens is 2. The molecule has 2 rings (SSSR count). The fraction of sp³-hybridized carbons (Fsp3) is 0.462. The lowest BCUT2D eigenvalue weighted by Crippen LogP contribution is -2.32. The average Bonchev–Trinajstić information content (AvgIpc) is 2.35. The number of hydrogen-bond donors (Lipinski definition) is 3. The number of primary amides is 1. The number of hydrogen-bond acceptors (Lipinski definition) is 3. The molecule has 1 aromatic carbocycles. The molecule has 0 heterocycles. The van der Waals surface area contributed by atoms with E-state index in [2.05, 4.69) is 21.2 Å². The number of amides is 1. The van der Waals surface area contributed by atoms with Gasteiger partial charge < -0.3 is 16.8 Å². The molecule has 4 nitrogen and oxygen atoms in total. The van der Waals surface area contributed by atoms with Gasteiger partial charge in [-0.1, -0.05) is 0 Å². The van der Waals surface area contributed by atoms with Crippen LogP contribution in [0.5, 0.6) is 0 Å². The highest BCUT2D eigenvalue weighted by Crippen LogP contribution is 2.29. The van der Waals surface area contributed by atoms with E-state index in [0.29, 0.717) is 10.2 Å². The zero-order chi connectivity index (χ0) is 14.0. The molecule has 0 spiro atoms. The van der Waals surface area contributed by atoms with E-state index in [1.807, 2.05) is 0 Å². The Hall–Kier alpha value is -1.14. The molecule has 0 unspecified atom stereocenters. The summed E-state index contributed by atoms with van der Waals surface area (Å²) in [6, 6.07) is 3.28. The Kier molecular flexibility index (Phi) is 4.42. The molecule has 104 valence electrons. The van der Waals surface area contributed by atoms with E-state index >= 15 is 0 Å². The number of anilines is 1.